The molecule has 33 heavy (non-hydrogen) atoms. The molecule has 4 aromatic rings. The van der Waals surface area contributed by atoms with Crippen LogP contribution in [0.5, 0.6) is 23.0 Å². The molecule has 0 spiro atoms. The molecule has 0 saturated heterocycles. The van der Waals surface area contributed by atoms with Crippen LogP contribution in [0, 0.1) is 6.92 Å². The second-order valence-electron chi connectivity index (χ2n) is 7.56. The number of hydrogen-bond acceptors (Lipinski definition) is 7. The third kappa shape index (κ3) is 3.89. The van der Waals surface area contributed by atoms with E-state index in [1.54, 1.807) is 61.7 Å². The zero-order chi connectivity index (χ0) is 22.9. The normalized spacial score (nSPS) is 12.1. The van der Waals surface area contributed by atoms with Gasteiger partial charge in [-0.25, -0.2) is 4.79 Å². The molecule has 0 amide bonds. The van der Waals surface area contributed by atoms with Crippen molar-refractivity contribution in [3.8, 4) is 34.1 Å². The van der Waals surface area contributed by atoms with E-state index in [4.69, 9.17) is 23.4 Å². The van der Waals surface area contributed by atoms with Crippen LogP contribution in [0.25, 0.3) is 22.1 Å². The van der Waals surface area contributed by atoms with Crippen LogP contribution < -0.4 is 24.6 Å². The van der Waals surface area contributed by atoms with Gasteiger partial charge in [-0.2, -0.15) is 0 Å². The maximum Gasteiger partial charge on any atom is 0.344 e. The van der Waals surface area contributed by atoms with Crippen molar-refractivity contribution in [1.29, 1.82) is 0 Å². The van der Waals surface area contributed by atoms with E-state index in [0.29, 0.717) is 45.3 Å². The van der Waals surface area contributed by atoms with E-state index in [9.17, 15) is 9.59 Å². The molecule has 0 N–H and O–H groups in total. The van der Waals surface area contributed by atoms with Gasteiger partial charge in [-0.05, 0) is 66.6 Å². The van der Waals surface area contributed by atoms with Crippen LogP contribution >= 0.6 is 0 Å². The van der Waals surface area contributed by atoms with Crippen molar-refractivity contribution in [2.24, 2.45) is 0 Å². The molecule has 2 heterocycles. The predicted octanol–water partition coefficient (Wildman–Crippen LogP) is 4.77. The van der Waals surface area contributed by atoms with Gasteiger partial charge >= 0.3 is 5.63 Å². The molecule has 1 aromatic heterocycles. The largest absolute Gasteiger partial charge is 0.497 e. The summed E-state index contributed by atoms with van der Waals surface area (Å²) >= 11 is 0. The number of rotatable bonds is 6. The number of ketones is 1. The van der Waals surface area contributed by atoms with Crippen LogP contribution in [0.2, 0.25) is 0 Å². The molecule has 7 nitrogen and oxygen atoms in total. The average molecular weight is 444 g/mol. The minimum absolute atomic E-state index is 0.143. The summed E-state index contributed by atoms with van der Waals surface area (Å²) in [5.41, 5.74) is 2.37. The Morgan fingerprint density at radius 2 is 1.70 bits per heavy atom. The Bertz CT molecular complexity index is 1420. The highest BCUT2D eigenvalue weighted by atomic mass is 16.7. The molecule has 166 valence electrons. The lowest BCUT2D eigenvalue weighted by atomic mass is 9.99. The molecule has 0 fully saturated rings. The van der Waals surface area contributed by atoms with Gasteiger partial charge < -0.3 is 23.4 Å². The summed E-state index contributed by atoms with van der Waals surface area (Å²) in [5.74, 6) is 2.17. The summed E-state index contributed by atoms with van der Waals surface area (Å²) < 4.78 is 27.1. The number of aryl methyl sites for hydroxylation is 1. The summed E-state index contributed by atoms with van der Waals surface area (Å²) in [4.78, 5) is 25.2. The van der Waals surface area contributed by atoms with Gasteiger partial charge in [0.25, 0.3) is 0 Å². The van der Waals surface area contributed by atoms with Gasteiger partial charge in [0, 0.05) is 17.0 Å². The van der Waals surface area contributed by atoms with E-state index in [2.05, 4.69) is 0 Å². The molecule has 5 rings (SSSR count). The van der Waals surface area contributed by atoms with E-state index in [0.717, 1.165) is 10.9 Å². The maximum atomic E-state index is 12.8. The third-order valence-electron chi connectivity index (χ3n) is 5.58. The summed E-state index contributed by atoms with van der Waals surface area (Å²) in [6.07, 6.45) is 0. The molecule has 0 bridgehead atoms. The number of benzene rings is 3. The summed E-state index contributed by atoms with van der Waals surface area (Å²) in [5, 5.41) is 0.774. The molecule has 3 aromatic carbocycles. The van der Waals surface area contributed by atoms with Crippen LogP contribution in [0.15, 0.2) is 69.9 Å². The number of carbonyl (C=O) groups is 1. The monoisotopic (exact) mass is 444 g/mol. The van der Waals surface area contributed by atoms with Crippen molar-refractivity contribution in [3.05, 3.63) is 82.2 Å². The minimum Gasteiger partial charge on any atom is -0.497 e. The first-order valence-corrected chi connectivity index (χ1v) is 10.3. The Kier molecular flexibility index (Phi) is 5.22. The molecule has 0 atom stereocenters. The molecule has 0 saturated carbocycles. The van der Waals surface area contributed by atoms with Gasteiger partial charge in [-0.3, -0.25) is 4.79 Å². The van der Waals surface area contributed by atoms with Crippen molar-refractivity contribution in [1.82, 2.24) is 0 Å². The van der Waals surface area contributed by atoms with E-state index in [1.807, 2.05) is 13.0 Å². The van der Waals surface area contributed by atoms with Crippen LogP contribution in [0.1, 0.15) is 15.9 Å². The summed E-state index contributed by atoms with van der Waals surface area (Å²) in [6, 6.07) is 17.4. The van der Waals surface area contributed by atoms with Gasteiger partial charge in [0.05, 0.1) is 12.7 Å². The molecule has 7 heteroatoms. The quantitative estimate of drug-likeness (QED) is 0.313. The lowest BCUT2D eigenvalue weighted by Crippen LogP contribution is -2.11. The highest BCUT2D eigenvalue weighted by Crippen LogP contribution is 2.37. The number of ether oxygens (including phenoxy) is 4. The Hall–Kier alpha value is -4.26. The highest BCUT2D eigenvalue weighted by molar-refractivity contribution is 5.97. The first kappa shape index (κ1) is 20.6. The zero-order valence-electron chi connectivity index (χ0n) is 18.0. The first-order chi connectivity index (χ1) is 16.0. The van der Waals surface area contributed by atoms with Crippen molar-refractivity contribution in [2.75, 3.05) is 20.5 Å². The standard InChI is InChI=1S/C26H20O7/c1-15-20-9-8-19(30-13-21(27)16-3-6-18(29-2)7-4-16)12-23(20)33-26(28)25(15)17-5-10-22-24(11-17)32-14-31-22/h3-12H,13-14H2,1-2H3. The Morgan fingerprint density at radius 3 is 2.48 bits per heavy atom. The van der Waals surface area contributed by atoms with E-state index in [-0.39, 0.29) is 19.2 Å². The van der Waals surface area contributed by atoms with Crippen LogP contribution in [-0.2, 0) is 0 Å². The van der Waals surface area contributed by atoms with Crippen LogP contribution in [0.3, 0.4) is 0 Å². The van der Waals surface area contributed by atoms with E-state index in [1.165, 1.54) is 0 Å². The van der Waals surface area contributed by atoms with E-state index < -0.39 is 5.63 Å². The molecule has 0 unspecified atom stereocenters. The molecular formula is C26H20O7. The van der Waals surface area contributed by atoms with Crippen molar-refractivity contribution in [2.45, 2.75) is 6.92 Å². The average Bonchev–Trinajstić information content (AvgIpc) is 3.30. The van der Waals surface area contributed by atoms with Crippen molar-refractivity contribution in [3.63, 3.8) is 0 Å². The van der Waals surface area contributed by atoms with Gasteiger partial charge in [0.2, 0.25) is 6.79 Å². The highest BCUT2D eigenvalue weighted by Gasteiger charge is 2.19. The SMILES string of the molecule is COc1ccc(C(=O)COc2ccc3c(C)c(-c4ccc5c(c4)OCO5)c(=O)oc3c2)cc1. The minimum atomic E-state index is -0.467. The molecular weight excluding hydrogens is 424 g/mol. The topological polar surface area (TPSA) is 84.2 Å². The molecule has 1 aliphatic rings. The molecule has 0 aliphatic carbocycles. The second kappa shape index (κ2) is 8.35. The zero-order valence-corrected chi connectivity index (χ0v) is 18.0. The van der Waals surface area contributed by atoms with Crippen LogP contribution in [0.4, 0.5) is 0 Å². The first-order valence-electron chi connectivity index (χ1n) is 10.3. The maximum absolute atomic E-state index is 12.8. The third-order valence-corrected chi connectivity index (χ3v) is 5.58. The summed E-state index contributed by atoms with van der Waals surface area (Å²) in [7, 11) is 1.57. The Labute approximate surface area is 189 Å². The predicted molar refractivity (Wildman–Crippen MR) is 122 cm³/mol. The number of fused-ring (bicyclic) bond motifs is 2. The smallest absolute Gasteiger partial charge is 0.344 e. The number of carbonyl (C=O) groups excluding carboxylic acids is 1. The molecule has 1 aliphatic heterocycles. The lowest BCUT2D eigenvalue weighted by molar-refractivity contribution is 0.0921. The Balaban J connectivity index is 1.40. The van der Waals surface area contributed by atoms with Crippen LogP contribution in [-0.4, -0.2) is 26.3 Å². The van der Waals surface area contributed by atoms with Gasteiger partial charge in [-0.1, -0.05) is 6.07 Å². The fourth-order valence-electron chi connectivity index (χ4n) is 3.82. The molecule has 0 radical (unpaired) electrons. The Morgan fingerprint density at radius 1 is 0.939 bits per heavy atom. The number of methoxy groups -OCH3 is 1. The number of hydrogen-bond donors (Lipinski definition) is 0. The fraction of sp³-hybridized carbons (Fsp3) is 0.154. The van der Waals surface area contributed by atoms with Crippen molar-refractivity contribution < 1.29 is 28.2 Å². The summed E-state index contributed by atoms with van der Waals surface area (Å²) in [6.45, 7) is 1.89. The van der Waals surface area contributed by atoms with Crippen molar-refractivity contribution >= 4 is 16.8 Å². The lowest BCUT2D eigenvalue weighted by Gasteiger charge is -2.11. The fourth-order valence-corrected chi connectivity index (χ4v) is 3.82. The van der Waals surface area contributed by atoms with Gasteiger partial charge in [-0.15, -0.1) is 0 Å². The number of Topliss-reactive ketones (excluding diaryl/α,β-unsaturated/α-hetero) is 1. The van der Waals surface area contributed by atoms with Gasteiger partial charge in [0.1, 0.15) is 17.1 Å². The van der Waals surface area contributed by atoms with Gasteiger partial charge in [0.15, 0.2) is 23.9 Å². The second-order valence-corrected chi connectivity index (χ2v) is 7.56. The van der Waals surface area contributed by atoms with E-state index >= 15 is 0 Å².